The van der Waals surface area contributed by atoms with Crippen molar-refractivity contribution in [3.05, 3.63) is 11.6 Å². The van der Waals surface area contributed by atoms with E-state index in [1.165, 1.54) is 6.42 Å². The second-order valence-electron chi connectivity index (χ2n) is 5.71. The largest absolute Gasteiger partial charge is 0.480 e. The summed E-state index contributed by atoms with van der Waals surface area (Å²) in [6.45, 7) is 3.78. The van der Waals surface area contributed by atoms with E-state index >= 15 is 0 Å². The molecule has 2 fully saturated rings. The van der Waals surface area contributed by atoms with Crippen LogP contribution < -0.4 is 0 Å². The number of hydrogen-bond donors (Lipinski definition) is 1. The van der Waals surface area contributed by atoms with Gasteiger partial charge in [-0.1, -0.05) is 25.8 Å². The van der Waals surface area contributed by atoms with Crippen molar-refractivity contribution in [2.75, 3.05) is 0 Å². The Bertz CT molecular complexity index is 402. The molecule has 2 rings (SSSR count). The molecule has 3 unspecified atom stereocenters. The van der Waals surface area contributed by atoms with Crippen molar-refractivity contribution in [2.24, 2.45) is 5.92 Å². The predicted octanol–water partition coefficient (Wildman–Crippen LogP) is 2.59. The van der Waals surface area contributed by atoms with Gasteiger partial charge in [0.2, 0.25) is 5.91 Å². The number of hydrogen-bond acceptors (Lipinski definition) is 2. The molecule has 0 aromatic heterocycles. The lowest BCUT2D eigenvalue weighted by Crippen LogP contribution is -2.46. The van der Waals surface area contributed by atoms with E-state index in [0.29, 0.717) is 17.9 Å². The summed E-state index contributed by atoms with van der Waals surface area (Å²) in [5.74, 6) is -0.552. The quantitative estimate of drug-likeness (QED) is 0.798. The van der Waals surface area contributed by atoms with Gasteiger partial charge in [0, 0.05) is 11.6 Å². The first-order valence-electron chi connectivity index (χ1n) is 7.28. The van der Waals surface area contributed by atoms with E-state index in [2.05, 4.69) is 0 Å². The number of carboxylic acid groups (broad SMARTS) is 1. The highest BCUT2D eigenvalue weighted by Crippen LogP contribution is 2.40. The molecule has 1 saturated heterocycles. The molecule has 4 nitrogen and oxygen atoms in total. The minimum atomic E-state index is -0.855. The van der Waals surface area contributed by atoms with Crippen LogP contribution in [-0.2, 0) is 9.59 Å². The van der Waals surface area contributed by atoms with Crippen LogP contribution in [0.1, 0.15) is 52.4 Å². The Morgan fingerprint density at radius 2 is 2.00 bits per heavy atom. The zero-order chi connectivity index (χ0) is 14.0. The van der Waals surface area contributed by atoms with E-state index in [0.717, 1.165) is 25.7 Å². The van der Waals surface area contributed by atoms with E-state index in [1.807, 2.05) is 13.0 Å². The van der Waals surface area contributed by atoms with Crippen LogP contribution in [0, 0.1) is 5.92 Å². The zero-order valence-electron chi connectivity index (χ0n) is 11.8. The third kappa shape index (κ3) is 2.67. The fourth-order valence-electron chi connectivity index (χ4n) is 3.57. The van der Waals surface area contributed by atoms with Gasteiger partial charge in [-0.15, -0.1) is 0 Å². The number of nitrogens with zero attached hydrogens (tertiary/aromatic N) is 1. The van der Waals surface area contributed by atoms with E-state index in [4.69, 9.17) is 0 Å². The molecule has 0 bridgehead atoms. The highest BCUT2D eigenvalue weighted by Gasteiger charge is 2.47. The van der Waals surface area contributed by atoms with Gasteiger partial charge in [-0.05, 0) is 38.5 Å². The second kappa shape index (κ2) is 5.76. The Labute approximate surface area is 114 Å². The highest BCUT2D eigenvalue weighted by atomic mass is 16.4. The van der Waals surface area contributed by atoms with Gasteiger partial charge in [0.15, 0.2) is 0 Å². The SMILES string of the molecule is CC/C=C(\C)C(=O)N1C(C(=O)O)CC2CCCCC21. The van der Waals surface area contributed by atoms with Crippen LogP contribution in [0.5, 0.6) is 0 Å². The van der Waals surface area contributed by atoms with E-state index in [-0.39, 0.29) is 11.9 Å². The maximum absolute atomic E-state index is 12.5. The average molecular weight is 265 g/mol. The Hall–Kier alpha value is -1.32. The Kier molecular flexibility index (Phi) is 4.27. The lowest BCUT2D eigenvalue weighted by Gasteiger charge is -2.33. The standard InChI is InChI=1S/C15H23NO3/c1-3-6-10(2)14(17)16-12-8-5-4-7-11(12)9-13(16)15(18)19/h6,11-13H,3-5,7-9H2,1-2H3,(H,18,19)/b10-6+. The smallest absolute Gasteiger partial charge is 0.326 e. The molecular weight excluding hydrogens is 242 g/mol. The van der Waals surface area contributed by atoms with Crippen LogP contribution in [0.15, 0.2) is 11.6 Å². The summed E-state index contributed by atoms with van der Waals surface area (Å²) in [5, 5.41) is 9.38. The molecule has 106 valence electrons. The molecule has 1 aliphatic carbocycles. The maximum Gasteiger partial charge on any atom is 0.326 e. The Morgan fingerprint density at radius 3 is 2.63 bits per heavy atom. The summed E-state index contributed by atoms with van der Waals surface area (Å²) in [5.41, 5.74) is 0.681. The number of carboxylic acids is 1. The minimum absolute atomic E-state index is 0.0800. The number of carbonyl (C=O) groups is 2. The summed E-state index contributed by atoms with van der Waals surface area (Å²) in [6.07, 6.45) is 7.61. The van der Waals surface area contributed by atoms with Gasteiger partial charge in [0.05, 0.1) is 0 Å². The third-order valence-electron chi connectivity index (χ3n) is 4.46. The fourth-order valence-corrected chi connectivity index (χ4v) is 3.57. The van der Waals surface area contributed by atoms with Gasteiger partial charge in [0.1, 0.15) is 6.04 Å². The van der Waals surface area contributed by atoms with Gasteiger partial charge >= 0.3 is 5.97 Å². The molecule has 19 heavy (non-hydrogen) atoms. The van der Waals surface area contributed by atoms with Crippen molar-refractivity contribution in [2.45, 2.75) is 64.5 Å². The fraction of sp³-hybridized carbons (Fsp3) is 0.733. The molecule has 2 aliphatic rings. The molecule has 1 aliphatic heterocycles. The van der Waals surface area contributed by atoms with Gasteiger partial charge in [-0.2, -0.15) is 0 Å². The van der Waals surface area contributed by atoms with E-state index < -0.39 is 12.0 Å². The summed E-state index contributed by atoms with van der Waals surface area (Å²) in [7, 11) is 0. The number of allylic oxidation sites excluding steroid dienone is 1. The van der Waals surface area contributed by atoms with Crippen molar-refractivity contribution in [3.63, 3.8) is 0 Å². The molecule has 4 heteroatoms. The van der Waals surface area contributed by atoms with Crippen LogP contribution in [0.4, 0.5) is 0 Å². The number of carbonyl (C=O) groups excluding carboxylic acids is 1. The Morgan fingerprint density at radius 1 is 1.32 bits per heavy atom. The molecule has 1 heterocycles. The molecule has 0 aromatic rings. The van der Waals surface area contributed by atoms with Crippen molar-refractivity contribution in [1.29, 1.82) is 0 Å². The summed E-state index contributed by atoms with van der Waals surface area (Å²) >= 11 is 0. The van der Waals surface area contributed by atoms with Crippen molar-refractivity contribution in [3.8, 4) is 0 Å². The molecule has 1 saturated carbocycles. The minimum Gasteiger partial charge on any atom is -0.480 e. The molecule has 1 amide bonds. The highest BCUT2D eigenvalue weighted by molar-refractivity contribution is 5.96. The first-order chi connectivity index (χ1) is 9.06. The topological polar surface area (TPSA) is 57.6 Å². The van der Waals surface area contributed by atoms with Gasteiger partial charge in [-0.3, -0.25) is 4.79 Å². The summed E-state index contributed by atoms with van der Waals surface area (Å²) in [4.78, 5) is 25.6. The number of rotatable bonds is 3. The molecule has 0 spiro atoms. The van der Waals surface area contributed by atoms with Gasteiger partial charge in [0.25, 0.3) is 0 Å². The van der Waals surface area contributed by atoms with E-state index in [9.17, 15) is 14.7 Å². The monoisotopic (exact) mass is 265 g/mol. The van der Waals surface area contributed by atoms with Gasteiger partial charge in [-0.25, -0.2) is 4.79 Å². The maximum atomic E-state index is 12.5. The lowest BCUT2D eigenvalue weighted by atomic mass is 9.84. The predicted molar refractivity (Wildman–Crippen MR) is 72.7 cm³/mol. The van der Waals surface area contributed by atoms with Crippen molar-refractivity contribution >= 4 is 11.9 Å². The lowest BCUT2D eigenvalue weighted by molar-refractivity contribution is -0.148. The van der Waals surface area contributed by atoms with Crippen LogP contribution in [0.25, 0.3) is 0 Å². The number of fused-ring (bicyclic) bond motifs is 1. The second-order valence-corrected chi connectivity index (χ2v) is 5.71. The molecule has 0 radical (unpaired) electrons. The molecule has 1 N–H and O–H groups in total. The van der Waals surface area contributed by atoms with E-state index in [1.54, 1.807) is 11.8 Å². The van der Waals surface area contributed by atoms with Crippen LogP contribution in [0.2, 0.25) is 0 Å². The van der Waals surface area contributed by atoms with Crippen LogP contribution >= 0.6 is 0 Å². The number of amides is 1. The van der Waals surface area contributed by atoms with Crippen LogP contribution in [-0.4, -0.2) is 34.0 Å². The molecule has 0 aromatic carbocycles. The third-order valence-corrected chi connectivity index (χ3v) is 4.46. The summed E-state index contributed by atoms with van der Waals surface area (Å²) < 4.78 is 0. The van der Waals surface area contributed by atoms with Crippen LogP contribution in [0.3, 0.4) is 0 Å². The normalized spacial score (nSPS) is 31.2. The Balaban J connectivity index is 2.25. The number of aliphatic carboxylic acids is 1. The van der Waals surface area contributed by atoms with Crippen molar-refractivity contribution in [1.82, 2.24) is 4.90 Å². The first kappa shape index (κ1) is 14.1. The first-order valence-corrected chi connectivity index (χ1v) is 7.28. The van der Waals surface area contributed by atoms with Gasteiger partial charge < -0.3 is 10.0 Å². The molecular formula is C15H23NO3. The zero-order valence-corrected chi connectivity index (χ0v) is 11.8. The number of likely N-dealkylation sites (tertiary alicyclic amines) is 1. The molecule has 3 atom stereocenters. The van der Waals surface area contributed by atoms with Crippen molar-refractivity contribution < 1.29 is 14.7 Å². The summed E-state index contributed by atoms with van der Waals surface area (Å²) in [6, 6.07) is -0.483. The average Bonchev–Trinajstić information content (AvgIpc) is 2.77.